The lowest BCUT2D eigenvalue weighted by molar-refractivity contribution is -0.143. The van der Waals surface area contributed by atoms with Crippen molar-refractivity contribution in [1.82, 2.24) is 9.78 Å². The number of nitrogens with two attached hydrogens (primary N) is 1. The number of alkyl halides is 5. The summed E-state index contributed by atoms with van der Waals surface area (Å²) in [7, 11) is 1.35. The van der Waals surface area contributed by atoms with Gasteiger partial charge in [0.25, 0.3) is 0 Å². The Morgan fingerprint density at radius 3 is 2.21 bits per heavy atom. The fourth-order valence-electron chi connectivity index (χ4n) is 2.39. The normalized spacial score (nSPS) is 22.5. The molecule has 0 unspecified atom stereocenters. The van der Waals surface area contributed by atoms with Gasteiger partial charge in [-0.25, -0.2) is 8.78 Å². The van der Waals surface area contributed by atoms with Crippen LogP contribution in [0.3, 0.4) is 0 Å². The lowest BCUT2D eigenvalue weighted by Gasteiger charge is -2.37. The molecule has 19 heavy (non-hydrogen) atoms. The van der Waals surface area contributed by atoms with E-state index in [-0.39, 0.29) is 18.4 Å². The molecular weight excluding hydrogens is 269 g/mol. The summed E-state index contributed by atoms with van der Waals surface area (Å²) in [6.45, 7) is 0. The van der Waals surface area contributed by atoms with Crippen LogP contribution in [0.4, 0.5) is 22.0 Å². The molecule has 1 aromatic rings. The summed E-state index contributed by atoms with van der Waals surface area (Å²) in [4.78, 5) is 0. The number of nitrogens with zero attached hydrogens (tertiary/aromatic N) is 2. The van der Waals surface area contributed by atoms with Crippen molar-refractivity contribution < 1.29 is 22.0 Å². The van der Waals surface area contributed by atoms with Crippen LogP contribution >= 0.6 is 0 Å². The molecule has 0 amide bonds. The number of hydrogen-bond donors (Lipinski definition) is 1. The van der Waals surface area contributed by atoms with Crippen LogP contribution in [0.5, 0.6) is 0 Å². The Hall–Kier alpha value is -1.18. The van der Waals surface area contributed by atoms with E-state index in [0.717, 1.165) is 4.68 Å². The van der Waals surface area contributed by atoms with E-state index < -0.39 is 36.2 Å². The number of aromatic nitrogens is 2. The Labute approximate surface area is 106 Å². The zero-order chi connectivity index (χ0) is 14.5. The Morgan fingerprint density at radius 2 is 1.74 bits per heavy atom. The van der Waals surface area contributed by atoms with Gasteiger partial charge in [-0.15, -0.1) is 0 Å². The second kappa shape index (κ2) is 4.16. The molecule has 3 nitrogen and oxygen atoms in total. The molecule has 2 rings (SSSR count). The third kappa shape index (κ3) is 2.72. The van der Waals surface area contributed by atoms with Crippen molar-refractivity contribution in [3.8, 4) is 0 Å². The van der Waals surface area contributed by atoms with E-state index in [2.05, 4.69) is 5.10 Å². The van der Waals surface area contributed by atoms with Gasteiger partial charge in [0.15, 0.2) is 5.69 Å². The van der Waals surface area contributed by atoms with Crippen molar-refractivity contribution in [3.63, 3.8) is 0 Å². The van der Waals surface area contributed by atoms with E-state index in [1.165, 1.54) is 13.2 Å². The summed E-state index contributed by atoms with van der Waals surface area (Å²) in [5, 5.41) is 3.36. The first-order valence-corrected chi connectivity index (χ1v) is 5.82. The van der Waals surface area contributed by atoms with Crippen molar-refractivity contribution in [3.05, 3.63) is 17.5 Å². The van der Waals surface area contributed by atoms with Crippen molar-refractivity contribution in [2.45, 2.75) is 43.3 Å². The number of halogens is 5. The summed E-state index contributed by atoms with van der Waals surface area (Å²) >= 11 is 0. The molecule has 0 saturated heterocycles. The minimum absolute atomic E-state index is 0.186. The average Bonchev–Trinajstić information content (AvgIpc) is 2.66. The largest absolute Gasteiger partial charge is 0.435 e. The van der Waals surface area contributed by atoms with Crippen LogP contribution in [0.25, 0.3) is 0 Å². The smallest absolute Gasteiger partial charge is 0.321 e. The van der Waals surface area contributed by atoms with Gasteiger partial charge in [-0.05, 0) is 12.8 Å². The van der Waals surface area contributed by atoms with Crippen LogP contribution in [0, 0.1) is 0 Å². The summed E-state index contributed by atoms with van der Waals surface area (Å²) in [5.74, 6) is -2.84. The summed E-state index contributed by atoms with van der Waals surface area (Å²) in [6, 6.07) is 0. The Morgan fingerprint density at radius 1 is 1.21 bits per heavy atom. The highest BCUT2D eigenvalue weighted by Gasteiger charge is 2.47. The van der Waals surface area contributed by atoms with Crippen molar-refractivity contribution in [1.29, 1.82) is 0 Å². The zero-order valence-electron chi connectivity index (χ0n) is 10.3. The van der Waals surface area contributed by atoms with E-state index in [4.69, 9.17) is 5.73 Å². The minimum atomic E-state index is -4.64. The highest BCUT2D eigenvalue weighted by atomic mass is 19.4. The molecule has 2 N–H and O–H groups in total. The van der Waals surface area contributed by atoms with E-state index >= 15 is 0 Å². The van der Waals surface area contributed by atoms with Crippen molar-refractivity contribution in [2.75, 3.05) is 0 Å². The first-order chi connectivity index (χ1) is 8.54. The molecule has 0 radical (unpaired) electrons. The molecular formula is C11H14F5N3. The van der Waals surface area contributed by atoms with Gasteiger partial charge in [0.1, 0.15) is 0 Å². The fraction of sp³-hybridized carbons (Fsp3) is 0.727. The Kier molecular flexibility index (Phi) is 3.11. The molecule has 1 aliphatic rings. The lowest BCUT2D eigenvalue weighted by Crippen LogP contribution is -2.44. The van der Waals surface area contributed by atoms with Crippen LogP contribution < -0.4 is 5.73 Å². The van der Waals surface area contributed by atoms with Gasteiger partial charge in [0.05, 0.1) is 0 Å². The van der Waals surface area contributed by atoms with E-state index in [1.54, 1.807) is 0 Å². The van der Waals surface area contributed by atoms with Gasteiger partial charge in [-0.1, -0.05) is 0 Å². The molecule has 1 heterocycles. The van der Waals surface area contributed by atoms with Crippen LogP contribution in [-0.4, -0.2) is 15.7 Å². The standard InChI is InChI=1S/C11H14F5N3/c1-19-6-7(8(18-19)11(14,15)16)9(17)2-4-10(12,13)5-3-9/h6H,2-5,17H2,1H3. The molecule has 0 atom stereocenters. The molecule has 0 aliphatic heterocycles. The van der Waals surface area contributed by atoms with Crippen LogP contribution in [0.2, 0.25) is 0 Å². The lowest BCUT2D eigenvalue weighted by atomic mass is 9.76. The number of hydrogen-bond acceptors (Lipinski definition) is 2. The SMILES string of the molecule is Cn1cc(C2(N)CCC(F)(F)CC2)c(C(F)(F)F)n1. The molecule has 0 bridgehead atoms. The molecule has 0 spiro atoms. The predicted octanol–water partition coefficient (Wildman–Crippen LogP) is 2.80. The van der Waals surface area contributed by atoms with Gasteiger partial charge in [-0.3, -0.25) is 4.68 Å². The zero-order valence-corrected chi connectivity index (χ0v) is 10.3. The fourth-order valence-corrected chi connectivity index (χ4v) is 2.39. The Bertz CT molecular complexity index is 467. The maximum absolute atomic E-state index is 13.1. The van der Waals surface area contributed by atoms with Gasteiger partial charge < -0.3 is 5.73 Å². The monoisotopic (exact) mass is 283 g/mol. The average molecular weight is 283 g/mol. The quantitative estimate of drug-likeness (QED) is 0.805. The highest BCUT2D eigenvalue weighted by molar-refractivity contribution is 5.29. The number of rotatable bonds is 1. The molecule has 8 heteroatoms. The summed E-state index contributed by atoms with van der Waals surface area (Å²) in [5.41, 5.74) is 3.26. The molecule has 1 aromatic heterocycles. The molecule has 1 aliphatic carbocycles. The second-order valence-electron chi connectivity index (χ2n) is 5.07. The summed E-state index contributed by atoms with van der Waals surface area (Å²) < 4.78 is 65.8. The molecule has 1 fully saturated rings. The Balaban J connectivity index is 2.37. The summed E-state index contributed by atoms with van der Waals surface area (Å²) in [6.07, 6.45) is -4.84. The maximum atomic E-state index is 13.1. The van der Waals surface area contributed by atoms with Crippen LogP contribution in [-0.2, 0) is 18.8 Å². The molecule has 108 valence electrons. The van der Waals surface area contributed by atoms with Gasteiger partial charge >= 0.3 is 6.18 Å². The maximum Gasteiger partial charge on any atom is 0.435 e. The van der Waals surface area contributed by atoms with Crippen molar-refractivity contribution >= 4 is 0 Å². The highest BCUT2D eigenvalue weighted by Crippen LogP contribution is 2.45. The van der Waals surface area contributed by atoms with E-state index in [9.17, 15) is 22.0 Å². The predicted molar refractivity (Wildman–Crippen MR) is 57.5 cm³/mol. The first-order valence-electron chi connectivity index (χ1n) is 5.82. The minimum Gasteiger partial charge on any atom is -0.321 e. The van der Waals surface area contributed by atoms with Gasteiger partial charge in [0, 0.05) is 37.2 Å². The van der Waals surface area contributed by atoms with Gasteiger partial charge in [0.2, 0.25) is 5.92 Å². The van der Waals surface area contributed by atoms with Crippen LogP contribution in [0.1, 0.15) is 36.9 Å². The van der Waals surface area contributed by atoms with Crippen LogP contribution in [0.15, 0.2) is 6.20 Å². The molecule has 0 aromatic carbocycles. The van der Waals surface area contributed by atoms with E-state index in [1.807, 2.05) is 0 Å². The first kappa shape index (κ1) is 14.2. The van der Waals surface area contributed by atoms with Crippen molar-refractivity contribution in [2.24, 2.45) is 12.8 Å². The second-order valence-corrected chi connectivity index (χ2v) is 5.07. The topological polar surface area (TPSA) is 43.8 Å². The van der Waals surface area contributed by atoms with E-state index in [0.29, 0.717) is 0 Å². The number of aryl methyl sites for hydroxylation is 1. The molecule has 1 saturated carbocycles. The third-order valence-corrected chi connectivity index (χ3v) is 3.51. The van der Waals surface area contributed by atoms with Gasteiger partial charge in [-0.2, -0.15) is 18.3 Å². The third-order valence-electron chi connectivity index (χ3n) is 3.51.